The van der Waals surface area contributed by atoms with Gasteiger partial charge in [-0.3, -0.25) is 14.4 Å². The molecule has 0 unspecified atom stereocenters. The lowest BCUT2D eigenvalue weighted by Crippen LogP contribution is -2.22. The van der Waals surface area contributed by atoms with Crippen LogP contribution in [0.25, 0.3) is 0 Å². The van der Waals surface area contributed by atoms with Crippen LogP contribution in [-0.2, 0) is 14.3 Å². The second-order valence-corrected chi connectivity index (χ2v) is 6.30. The van der Waals surface area contributed by atoms with Crippen molar-refractivity contribution in [3.8, 4) is 5.75 Å². The minimum absolute atomic E-state index is 0.270. The molecule has 0 aliphatic carbocycles. The average Bonchev–Trinajstić information content (AvgIpc) is 2.68. The summed E-state index contributed by atoms with van der Waals surface area (Å²) in [7, 11) is 0. The van der Waals surface area contributed by atoms with Gasteiger partial charge in [0.15, 0.2) is 6.61 Å². The molecule has 0 atom stereocenters. The van der Waals surface area contributed by atoms with Gasteiger partial charge in [-0.25, -0.2) is 0 Å². The van der Waals surface area contributed by atoms with E-state index in [1.165, 1.54) is 0 Å². The van der Waals surface area contributed by atoms with E-state index in [1.807, 2.05) is 6.92 Å². The highest BCUT2D eigenvalue weighted by Crippen LogP contribution is 2.17. The number of hydrogen-bond donors (Lipinski definition) is 2. The standard InChI is InChI=1S/C21H24N2O5/c1-4-27-18-11-9-17(10-12-18)23-20(25)15-5-7-16(8-6-15)22-19(24)13-28-21(26)14(2)3/h5-12,14H,4,13H2,1-3H3,(H,22,24)(H,23,25). The number of benzene rings is 2. The summed E-state index contributed by atoms with van der Waals surface area (Å²) in [6.45, 7) is 5.51. The molecule has 0 spiro atoms. The summed E-state index contributed by atoms with van der Waals surface area (Å²) < 4.78 is 10.2. The molecular weight excluding hydrogens is 360 g/mol. The number of amides is 2. The number of esters is 1. The fraction of sp³-hybridized carbons (Fsp3) is 0.286. The Morgan fingerprint density at radius 1 is 0.893 bits per heavy atom. The van der Waals surface area contributed by atoms with E-state index >= 15 is 0 Å². The van der Waals surface area contributed by atoms with Crippen LogP contribution in [0, 0.1) is 5.92 Å². The van der Waals surface area contributed by atoms with Crippen LogP contribution in [0.3, 0.4) is 0 Å². The van der Waals surface area contributed by atoms with Crippen molar-refractivity contribution in [2.45, 2.75) is 20.8 Å². The Hall–Kier alpha value is -3.35. The smallest absolute Gasteiger partial charge is 0.308 e. The van der Waals surface area contributed by atoms with Gasteiger partial charge in [0, 0.05) is 16.9 Å². The van der Waals surface area contributed by atoms with Crippen LogP contribution in [0.5, 0.6) is 5.75 Å². The van der Waals surface area contributed by atoms with E-state index in [2.05, 4.69) is 10.6 Å². The van der Waals surface area contributed by atoms with Gasteiger partial charge in [-0.2, -0.15) is 0 Å². The molecule has 0 heterocycles. The van der Waals surface area contributed by atoms with Crippen molar-refractivity contribution in [1.82, 2.24) is 0 Å². The number of nitrogens with one attached hydrogen (secondary N) is 2. The molecule has 7 heteroatoms. The maximum atomic E-state index is 12.3. The van der Waals surface area contributed by atoms with Crippen molar-refractivity contribution in [3.63, 3.8) is 0 Å². The first-order valence-corrected chi connectivity index (χ1v) is 8.99. The van der Waals surface area contributed by atoms with Gasteiger partial charge in [0.25, 0.3) is 11.8 Å². The highest BCUT2D eigenvalue weighted by Gasteiger charge is 2.12. The van der Waals surface area contributed by atoms with Gasteiger partial charge < -0.3 is 20.1 Å². The molecule has 148 valence electrons. The third-order valence-electron chi connectivity index (χ3n) is 3.67. The minimum Gasteiger partial charge on any atom is -0.494 e. The van der Waals surface area contributed by atoms with Crippen LogP contribution < -0.4 is 15.4 Å². The van der Waals surface area contributed by atoms with Crippen LogP contribution in [0.1, 0.15) is 31.1 Å². The van der Waals surface area contributed by atoms with Crippen molar-refractivity contribution in [1.29, 1.82) is 0 Å². The second-order valence-electron chi connectivity index (χ2n) is 6.30. The summed E-state index contributed by atoms with van der Waals surface area (Å²) in [6.07, 6.45) is 0. The van der Waals surface area contributed by atoms with E-state index in [0.29, 0.717) is 23.5 Å². The SMILES string of the molecule is CCOc1ccc(NC(=O)c2ccc(NC(=O)COC(=O)C(C)C)cc2)cc1. The summed E-state index contributed by atoms with van der Waals surface area (Å²) in [5.74, 6) is -0.703. The molecular formula is C21H24N2O5. The zero-order valence-corrected chi connectivity index (χ0v) is 16.2. The van der Waals surface area contributed by atoms with Gasteiger partial charge in [0.2, 0.25) is 0 Å². The summed E-state index contributed by atoms with van der Waals surface area (Å²) in [4.78, 5) is 35.5. The number of carbonyl (C=O) groups is 3. The molecule has 28 heavy (non-hydrogen) atoms. The highest BCUT2D eigenvalue weighted by molar-refractivity contribution is 6.04. The van der Waals surface area contributed by atoms with Crippen LogP contribution in [0.15, 0.2) is 48.5 Å². The molecule has 2 aromatic carbocycles. The monoisotopic (exact) mass is 384 g/mol. The molecule has 0 aromatic heterocycles. The third-order valence-corrected chi connectivity index (χ3v) is 3.67. The Bertz CT molecular complexity index is 814. The van der Waals surface area contributed by atoms with E-state index in [-0.39, 0.29) is 18.4 Å². The Balaban J connectivity index is 1.88. The average molecular weight is 384 g/mol. The number of rotatable bonds is 8. The molecule has 0 aliphatic heterocycles. The van der Waals surface area contributed by atoms with Gasteiger partial charge >= 0.3 is 5.97 Å². The lowest BCUT2D eigenvalue weighted by atomic mass is 10.2. The molecule has 7 nitrogen and oxygen atoms in total. The summed E-state index contributed by atoms with van der Waals surface area (Å²) >= 11 is 0. The Kier molecular flexibility index (Phi) is 7.56. The van der Waals surface area contributed by atoms with Gasteiger partial charge in [0.1, 0.15) is 5.75 Å². The zero-order chi connectivity index (χ0) is 20.5. The van der Waals surface area contributed by atoms with E-state index in [0.717, 1.165) is 5.75 Å². The maximum Gasteiger partial charge on any atom is 0.308 e. The van der Waals surface area contributed by atoms with E-state index in [4.69, 9.17) is 9.47 Å². The largest absolute Gasteiger partial charge is 0.494 e. The quantitative estimate of drug-likeness (QED) is 0.680. The maximum absolute atomic E-state index is 12.3. The van der Waals surface area contributed by atoms with Crippen LogP contribution in [0.4, 0.5) is 11.4 Å². The van der Waals surface area contributed by atoms with E-state index < -0.39 is 11.9 Å². The van der Waals surface area contributed by atoms with E-state index in [9.17, 15) is 14.4 Å². The summed E-state index contributed by atoms with van der Waals surface area (Å²) in [5, 5.41) is 5.40. The lowest BCUT2D eigenvalue weighted by Gasteiger charge is -2.09. The molecule has 0 saturated carbocycles. The molecule has 0 bridgehead atoms. The predicted molar refractivity (Wildman–Crippen MR) is 106 cm³/mol. The number of anilines is 2. The van der Waals surface area contributed by atoms with Crippen molar-refractivity contribution >= 4 is 29.2 Å². The predicted octanol–water partition coefficient (Wildman–Crippen LogP) is 3.48. The number of hydrogen-bond acceptors (Lipinski definition) is 5. The van der Waals surface area contributed by atoms with Gasteiger partial charge in [0.05, 0.1) is 12.5 Å². The molecule has 0 fully saturated rings. The zero-order valence-electron chi connectivity index (χ0n) is 16.2. The normalized spacial score (nSPS) is 10.3. The van der Waals surface area contributed by atoms with Crippen molar-refractivity contribution < 1.29 is 23.9 Å². The second kappa shape index (κ2) is 10.1. The summed E-state index contributed by atoms with van der Waals surface area (Å²) in [6, 6.07) is 13.5. The van der Waals surface area contributed by atoms with Gasteiger partial charge in [-0.1, -0.05) is 13.8 Å². The first-order valence-electron chi connectivity index (χ1n) is 8.99. The molecule has 0 radical (unpaired) electrons. The molecule has 0 saturated heterocycles. The van der Waals surface area contributed by atoms with Crippen LogP contribution >= 0.6 is 0 Å². The third kappa shape index (κ3) is 6.42. The van der Waals surface area contributed by atoms with Crippen LogP contribution in [-0.4, -0.2) is 31.0 Å². The fourth-order valence-corrected chi connectivity index (χ4v) is 2.21. The topological polar surface area (TPSA) is 93.7 Å². The molecule has 0 aliphatic rings. The summed E-state index contributed by atoms with van der Waals surface area (Å²) in [5.41, 5.74) is 1.60. The molecule has 2 N–H and O–H groups in total. The van der Waals surface area contributed by atoms with E-state index in [1.54, 1.807) is 62.4 Å². The Morgan fingerprint density at radius 3 is 2.04 bits per heavy atom. The number of ether oxygens (including phenoxy) is 2. The van der Waals surface area contributed by atoms with Crippen molar-refractivity contribution in [2.24, 2.45) is 5.92 Å². The van der Waals surface area contributed by atoms with Crippen LogP contribution in [0.2, 0.25) is 0 Å². The molecule has 2 amide bonds. The van der Waals surface area contributed by atoms with Gasteiger partial charge in [-0.05, 0) is 55.5 Å². The minimum atomic E-state index is -0.444. The molecule has 2 rings (SSSR count). The van der Waals surface area contributed by atoms with Crippen molar-refractivity contribution in [3.05, 3.63) is 54.1 Å². The Morgan fingerprint density at radius 2 is 1.46 bits per heavy atom. The molecule has 2 aromatic rings. The Labute approximate surface area is 164 Å². The highest BCUT2D eigenvalue weighted by atomic mass is 16.5. The fourth-order valence-electron chi connectivity index (χ4n) is 2.21. The lowest BCUT2D eigenvalue weighted by molar-refractivity contribution is -0.150. The first kappa shape index (κ1) is 21.0. The van der Waals surface area contributed by atoms with Gasteiger partial charge in [-0.15, -0.1) is 0 Å². The van der Waals surface area contributed by atoms with Crippen molar-refractivity contribution in [2.75, 3.05) is 23.8 Å². The first-order chi connectivity index (χ1) is 13.4. The number of carbonyl (C=O) groups excluding carboxylic acids is 3.